The number of hydrogen-bond donors (Lipinski definition) is 2. The van der Waals surface area contributed by atoms with Gasteiger partial charge in [-0.2, -0.15) is 8.78 Å². The average molecular weight is 433 g/mol. The third kappa shape index (κ3) is 3.70. The summed E-state index contributed by atoms with van der Waals surface area (Å²) in [5, 5.41) is 6.78. The fourth-order valence-corrected chi connectivity index (χ4v) is 4.30. The number of alkyl halides is 2. The molecule has 2 N–H and O–H groups in total. The molecule has 5 heterocycles. The Morgan fingerprint density at radius 1 is 1.20 bits per heavy atom. The Morgan fingerprint density at radius 3 is 2.80 bits per heavy atom. The van der Waals surface area contributed by atoms with E-state index in [-0.39, 0.29) is 10.8 Å². The van der Waals surface area contributed by atoms with Crippen LogP contribution in [-0.2, 0) is 0 Å². The summed E-state index contributed by atoms with van der Waals surface area (Å²) in [6, 6.07) is 9.34. The number of halogens is 3. The average Bonchev–Trinajstić information content (AvgIpc) is 2.76. The Kier molecular flexibility index (Phi) is 5.00. The largest absolute Gasteiger partial charge is 0.433 e. The van der Waals surface area contributed by atoms with E-state index in [0.29, 0.717) is 34.6 Å². The molecule has 30 heavy (non-hydrogen) atoms. The fraction of sp³-hybridized carbons (Fsp3) is 0.350. The van der Waals surface area contributed by atoms with Gasteiger partial charge in [-0.15, -0.1) is 0 Å². The molecule has 3 aromatic rings. The summed E-state index contributed by atoms with van der Waals surface area (Å²) in [5.74, 6) is 1.33. The quantitative estimate of drug-likeness (QED) is 0.632. The van der Waals surface area contributed by atoms with E-state index in [1.54, 1.807) is 6.07 Å². The Morgan fingerprint density at radius 2 is 2.10 bits per heavy atom. The molecule has 10 heteroatoms. The number of anilines is 3. The highest BCUT2D eigenvalue weighted by atomic mass is 35.5. The zero-order valence-corrected chi connectivity index (χ0v) is 16.6. The first-order valence-electron chi connectivity index (χ1n) is 9.70. The summed E-state index contributed by atoms with van der Waals surface area (Å²) in [6.07, 6.45) is 3.80. The second-order valence-corrected chi connectivity index (χ2v) is 7.80. The molecule has 3 aliphatic heterocycles. The number of hydrogen-bond acceptors (Lipinski definition) is 7. The first kappa shape index (κ1) is 19.2. The standard InChI is InChI=1S/C20H19ClF2N6O/c21-14-7-11(2-5-16(14)30-20(22)23)27-19-18-15(25-10-26-19)4-6-17(28-18)29-9-12-1-3-13(29)8-24-12/h2,4-7,10,12-13,20,24H,1,3,8-9H2,(H,25,26,27)/t12-,13-/m1/s1. The lowest BCUT2D eigenvalue weighted by Gasteiger charge is -2.46. The highest BCUT2D eigenvalue weighted by Gasteiger charge is 2.34. The fourth-order valence-electron chi connectivity index (χ4n) is 4.08. The van der Waals surface area contributed by atoms with Gasteiger partial charge in [0.15, 0.2) is 5.82 Å². The van der Waals surface area contributed by atoms with Gasteiger partial charge in [-0.1, -0.05) is 11.6 Å². The van der Waals surface area contributed by atoms with Crippen LogP contribution in [0.4, 0.5) is 26.1 Å². The Bertz CT molecular complexity index is 1080. The minimum absolute atomic E-state index is 0.0733. The van der Waals surface area contributed by atoms with E-state index >= 15 is 0 Å². The lowest BCUT2D eigenvalue weighted by atomic mass is 9.93. The number of piperazine rings is 1. The molecule has 0 amide bonds. The van der Waals surface area contributed by atoms with Gasteiger partial charge < -0.3 is 20.3 Å². The molecular formula is C20H19ClF2N6O. The van der Waals surface area contributed by atoms with E-state index in [4.69, 9.17) is 16.6 Å². The van der Waals surface area contributed by atoms with Crippen LogP contribution in [-0.4, -0.2) is 46.7 Å². The second kappa shape index (κ2) is 7.81. The maximum atomic E-state index is 12.4. The highest BCUT2D eigenvalue weighted by molar-refractivity contribution is 6.32. The predicted molar refractivity (Wildman–Crippen MR) is 111 cm³/mol. The molecular weight excluding hydrogens is 414 g/mol. The van der Waals surface area contributed by atoms with Crippen molar-refractivity contribution in [1.82, 2.24) is 20.3 Å². The first-order valence-corrected chi connectivity index (χ1v) is 10.1. The van der Waals surface area contributed by atoms with Gasteiger partial charge in [0, 0.05) is 30.9 Å². The summed E-state index contributed by atoms with van der Waals surface area (Å²) in [7, 11) is 0. The highest BCUT2D eigenvalue weighted by Crippen LogP contribution is 2.32. The predicted octanol–water partition coefficient (Wildman–Crippen LogP) is 3.96. The summed E-state index contributed by atoms with van der Waals surface area (Å²) < 4.78 is 29.3. The van der Waals surface area contributed by atoms with Crippen LogP contribution in [0.15, 0.2) is 36.7 Å². The van der Waals surface area contributed by atoms with Crippen molar-refractivity contribution in [3.8, 4) is 5.75 Å². The van der Waals surface area contributed by atoms with Crippen molar-refractivity contribution in [1.29, 1.82) is 0 Å². The number of benzene rings is 1. The molecule has 2 atom stereocenters. The van der Waals surface area contributed by atoms with Crippen LogP contribution in [0.5, 0.6) is 5.75 Å². The second-order valence-electron chi connectivity index (χ2n) is 7.40. The molecule has 1 aromatic carbocycles. The topological polar surface area (TPSA) is 75.2 Å². The number of aromatic nitrogens is 3. The zero-order valence-electron chi connectivity index (χ0n) is 15.9. The Balaban J connectivity index is 1.45. The molecule has 3 fully saturated rings. The van der Waals surface area contributed by atoms with Crippen molar-refractivity contribution < 1.29 is 13.5 Å². The maximum Gasteiger partial charge on any atom is 0.387 e. The molecule has 156 valence electrons. The molecule has 3 saturated heterocycles. The van der Waals surface area contributed by atoms with Crippen LogP contribution in [0.2, 0.25) is 5.02 Å². The number of nitrogens with zero attached hydrogens (tertiary/aromatic N) is 4. The molecule has 0 spiro atoms. The van der Waals surface area contributed by atoms with Gasteiger partial charge in [-0.05, 0) is 43.2 Å². The van der Waals surface area contributed by atoms with E-state index in [0.717, 1.165) is 25.3 Å². The van der Waals surface area contributed by atoms with E-state index < -0.39 is 6.61 Å². The van der Waals surface area contributed by atoms with Crippen LogP contribution in [0.25, 0.3) is 11.0 Å². The molecule has 0 radical (unpaired) electrons. The lowest BCUT2D eigenvalue weighted by Crippen LogP contribution is -2.61. The molecule has 2 bridgehead atoms. The molecule has 0 saturated carbocycles. The van der Waals surface area contributed by atoms with E-state index in [1.165, 1.54) is 24.9 Å². The minimum atomic E-state index is -2.94. The SMILES string of the molecule is FC(F)Oc1ccc(Nc2ncnc3ccc(N4C[C@H]5CC[C@@H]4CN5)nc23)cc1Cl. The number of pyridine rings is 1. The van der Waals surface area contributed by atoms with E-state index in [1.807, 2.05) is 12.1 Å². The van der Waals surface area contributed by atoms with Gasteiger partial charge in [0.2, 0.25) is 0 Å². The summed E-state index contributed by atoms with van der Waals surface area (Å²) in [5.41, 5.74) is 1.92. The first-order chi connectivity index (χ1) is 14.6. The summed E-state index contributed by atoms with van der Waals surface area (Å²) in [4.78, 5) is 15.8. The van der Waals surface area contributed by atoms with Gasteiger partial charge in [0.25, 0.3) is 0 Å². The van der Waals surface area contributed by atoms with Gasteiger partial charge in [-0.3, -0.25) is 0 Å². The third-order valence-electron chi connectivity index (χ3n) is 5.52. The van der Waals surface area contributed by atoms with Gasteiger partial charge in [0.05, 0.1) is 10.5 Å². The van der Waals surface area contributed by atoms with Crippen LogP contribution in [0, 0.1) is 0 Å². The van der Waals surface area contributed by atoms with E-state index in [9.17, 15) is 8.78 Å². The number of ether oxygens (including phenoxy) is 1. The van der Waals surface area contributed by atoms with Crippen LogP contribution in [0.1, 0.15) is 12.8 Å². The van der Waals surface area contributed by atoms with E-state index in [2.05, 4.69) is 30.2 Å². The maximum absolute atomic E-state index is 12.4. The molecule has 0 unspecified atom stereocenters. The zero-order chi connectivity index (χ0) is 20.7. The molecule has 6 rings (SSSR count). The number of fused-ring (bicyclic) bond motifs is 4. The minimum Gasteiger partial charge on any atom is -0.433 e. The molecule has 0 aliphatic carbocycles. The van der Waals surface area contributed by atoms with Gasteiger partial charge in [-0.25, -0.2) is 15.0 Å². The van der Waals surface area contributed by atoms with Crippen molar-refractivity contribution in [2.75, 3.05) is 23.3 Å². The molecule has 2 aromatic heterocycles. The normalized spacial score (nSPS) is 20.7. The van der Waals surface area contributed by atoms with Crippen molar-refractivity contribution in [2.45, 2.75) is 31.5 Å². The smallest absolute Gasteiger partial charge is 0.387 e. The summed E-state index contributed by atoms with van der Waals surface area (Å²) in [6.45, 7) is -1.04. The van der Waals surface area contributed by atoms with Crippen molar-refractivity contribution in [3.05, 3.63) is 41.7 Å². The van der Waals surface area contributed by atoms with Gasteiger partial charge >= 0.3 is 6.61 Å². The monoisotopic (exact) mass is 432 g/mol. The van der Waals surface area contributed by atoms with Crippen LogP contribution < -0.4 is 20.3 Å². The molecule has 3 aliphatic rings. The number of piperidine rings is 2. The van der Waals surface area contributed by atoms with Crippen molar-refractivity contribution in [2.24, 2.45) is 0 Å². The van der Waals surface area contributed by atoms with Gasteiger partial charge in [0.1, 0.15) is 23.4 Å². The van der Waals surface area contributed by atoms with Crippen molar-refractivity contribution >= 4 is 40.0 Å². The molecule has 7 nitrogen and oxygen atoms in total. The van der Waals surface area contributed by atoms with Crippen LogP contribution >= 0.6 is 11.6 Å². The Labute approximate surface area is 176 Å². The Hall–Kier alpha value is -2.78. The summed E-state index contributed by atoms with van der Waals surface area (Å²) >= 11 is 6.06. The number of rotatable bonds is 5. The van der Waals surface area contributed by atoms with Crippen molar-refractivity contribution in [3.63, 3.8) is 0 Å². The third-order valence-corrected chi connectivity index (χ3v) is 5.82. The van der Waals surface area contributed by atoms with Crippen LogP contribution in [0.3, 0.4) is 0 Å². The number of nitrogens with one attached hydrogen (secondary N) is 2. The lowest BCUT2D eigenvalue weighted by molar-refractivity contribution is -0.0497.